The number of halogens is 1. The number of amides is 1. The molecule has 1 amide bonds. The molecule has 3 rings (SSSR count). The molecule has 0 bridgehead atoms. The molecule has 0 saturated carbocycles. The van der Waals surface area contributed by atoms with Crippen LogP contribution in [0.3, 0.4) is 0 Å². The van der Waals surface area contributed by atoms with E-state index in [9.17, 15) is 4.79 Å². The van der Waals surface area contributed by atoms with E-state index in [0.29, 0.717) is 10.9 Å². The minimum Gasteiger partial charge on any atom is -0.266 e. The van der Waals surface area contributed by atoms with E-state index < -0.39 is 0 Å². The standard InChI is InChI=1S/C18H19ClN2OS/c1-11-3-8-16-14(9-11)10-17(23-16)18(22)21-20-12(2)13-4-6-15(19)7-5-13/h4-7,10-11H,3,8-9H2,1-2H3,(H,21,22)/b20-12-/t11-/m1/s1. The Morgan fingerprint density at radius 2 is 2.09 bits per heavy atom. The Bertz CT molecular complexity index is 749. The molecule has 0 radical (unpaired) electrons. The number of carbonyl (C=O) groups excluding carboxylic acids is 1. The zero-order chi connectivity index (χ0) is 16.4. The van der Waals surface area contributed by atoms with Crippen LogP contribution >= 0.6 is 22.9 Å². The van der Waals surface area contributed by atoms with Crippen molar-refractivity contribution in [2.75, 3.05) is 0 Å². The number of hydrazone groups is 1. The van der Waals surface area contributed by atoms with Gasteiger partial charge in [-0.2, -0.15) is 5.10 Å². The molecule has 0 fully saturated rings. The molecule has 1 aliphatic carbocycles. The number of thiophene rings is 1. The van der Waals surface area contributed by atoms with Crippen molar-refractivity contribution >= 4 is 34.6 Å². The molecule has 2 aromatic rings. The van der Waals surface area contributed by atoms with Crippen LogP contribution in [0.5, 0.6) is 0 Å². The molecule has 1 atom stereocenters. The molecule has 1 heterocycles. The third kappa shape index (κ3) is 3.82. The number of benzene rings is 1. The van der Waals surface area contributed by atoms with Gasteiger partial charge in [0.05, 0.1) is 10.6 Å². The topological polar surface area (TPSA) is 41.5 Å². The highest BCUT2D eigenvalue weighted by Gasteiger charge is 2.20. The minimum atomic E-state index is -0.134. The minimum absolute atomic E-state index is 0.134. The summed E-state index contributed by atoms with van der Waals surface area (Å²) in [6.45, 7) is 4.13. The normalized spacial score (nSPS) is 17.7. The van der Waals surface area contributed by atoms with Crippen LogP contribution in [0.1, 0.15) is 45.9 Å². The molecule has 1 aromatic heterocycles. The van der Waals surface area contributed by atoms with Gasteiger partial charge in [-0.25, -0.2) is 5.43 Å². The number of hydrogen-bond acceptors (Lipinski definition) is 3. The molecular formula is C18H19ClN2OS. The average Bonchev–Trinajstić information content (AvgIpc) is 2.96. The smallest absolute Gasteiger partial charge is 0.266 e. The van der Waals surface area contributed by atoms with Crippen LogP contribution in [0, 0.1) is 5.92 Å². The second kappa shape index (κ2) is 6.85. The quantitative estimate of drug-likeness (QED) is 0.636. The van der Waals surface area contributed by atoms with Gasteiger partial charge in [0.25, 0.3) is 5.91 Å². The number of nitrogens with one attached hydrogen (secondary N) is 1. The molecule has 120 valence electrons. The zero-order valence-corrected chi connectivity index (χ0v) is 14.8. The number of nitrogens with zero attached hydrogens (tertiary/aromatic N) is 1. The summed E-state index contributed by atoms with van der Waals surface area (Å²) in [5.41, 5.74) is 5.68. The van der Waals surface area contributed by atoms with Crippen LogP contribution < -0.4 is 5.43 Å². The van der Waals surface area contributed by atoms with Crippen molar-refractivity contribution in [3.05, 3.63) is 56.2 Å². The maximum Gasteiger partial charge on any atom is 0.281 e. The number of aryl methyl sites for hydroxylation is 1. The molecule has 3 nitrogen and oxygen atoms in total. The maximum atomic E-state index is 12.3. The lowest BCUT2D eigenvalue weighted by Gasteiger charge is -2.16. The van der Waals surface area contributed by atoms with Gasteiger partial charge in [-0.1, -0.05) is 30.7 Å². The van der Waals surface area contributed by atoms with Crippen molar-refractivity contribution in [2.24, 2.45) is 11.0 Å². The molecule has 1 aromatic carbocycles. The fraction of sp³-hybridized carbons (Fsp3) is 0.333. The van der Waals surface area contributed by atoms with Crippen LogP contribution in [0.2, 0.25) is 5.02 Å². The highest BCUT2D eigenvalue weighted by molar-refractivity contribution is 7.14. The van der Waals surface area contributed by atoms with Crippen LogP contribution in [-0.2, 0) is 12.8 Å². The first kappa shape index (κ1) is 16.2. The number of rotatable bonds is 3. The Morgan fingerprint density at radius 3 is 2.83 bits per heavy atom. The summed E-state index contributed by atoms with van der Waals surface area (Å²) in [7, 11) is 0. The van der Waals surface area contributed by atoms with Crippen molar-refractivity contribution in [1.29, 1.82) is 0 Å². The lowest BCUT2D eigenvalue weighted by Crippen LogP contribution is -2.18. The van der Waals surface area contributed by atoms with E-state index in [1.54, 1.807) is 11.3 Å². The van der Waals surface area contributed by atoms with Gasteiger partial charge in [0, 0.05) is 9.90 Å². The summed E-state index contributed by atoms with van der Waals surface area (Å²) < 4.78 is 0. The van der Waals surface area contributed by atoms with E-state index in [4.69, 9.17) is 11.6 Å². The largest absolute Gasteiger partial charge is 0.281 e. The lowest BCUT2D eigenvalue weighted by molar-refractivity contribution is 0.0959. The summed E-state index contributed by atoms with van der Waals surface area (Å²) in [6, 6.07) is 9.42. The van der Waals surface area contributed by atoms with Gasteiger partial charge in [-0.15, -0.1) is 11.3 Å². The molecule has 0 spiro atoms. The second-order valence-electron chi connectivity index (χ2n) is 6.05. The molecule has 5 heteroatoms. The predicted octanol–water partition coefficient (Wildman–Crippen LogP) is 4.68. The van der Waals surface area contributed by atoms with Gasteiger partial charge in [-0.05, 0) is 61.4 Å². The van der Waals surface area contributed by atoms with Crippen LogP contribution in [0.15, 0.2) is 35.4 Å². The summed E-state index contributed by atoms with van der Waals surface area (Å²) in [5, 5.41) is 4.89. The van der Waals surface area contributed by atoms with Crippen molar-refractivity contribution in [3.63, 3.8) is 0 Å². The Hall–Kier alpha value is -1.65. The second-order valence-corrected chi connectivity index (χ2v) is 7.63. The van der Waals surface area contributed by atoms with E-state index >= 15 is 0 Å². The molecule has 1 aliphatic rings. The Labute approximate surface area is 145 Å². The summed E-state index contributed by atoms with van der Waals surface area (Å²) in [4.78, 5) is 14.4. The van der Waals surface area contributed by atoms with Crippen molar-refractivity contribution in [3.8, 4) is 0 Å². The van der Waals surface area contributed by atoms with Crippen molar-refractivity contribution in [2.45, 2.75) is 33.1 Å². The van der Waals surface area contributed by atoms with Gasteiger partial charge < -0.3 is 0 Å². The fourth-order valence-electron chi connectivity index (χ4n) is 2.76. The third-order valence-corrected chi connectivity index (χ3v) is 5.63. The van der Waals surface area contributed by atoms with Gasteiger partial charge in [0.2, 0.25) is 0 Å². The number of fused-ring (bicyclic) bond motifs is 1. The first-order chi connectivity index (χ1) is 11.0. The molecule has 0 saturated heterocycles. The van der Waals surface area contributed by atoms with Crippen LogP contribution in [0.4, 0.5) is 0 Å². The monoisotopic (exact) mass is 346 g/mol. The molecule has 1 N–H and O–H groups in total. The van der Waals surface area contributed by atoms with E-state index in [2.05, 4.69) is 17.5 Å². The van der Waals surface area contributed by atoms with Gasteiger partial charge in [-0.3, -0.25) is 4.79 Å². The Morgan fingerprint density at radius 1 is 1.35 bits per heavy atom. The zero-order valence-electron chi connectivity index (χ0n) is 13.2. The van der Waals surface area contributed by atoms with E-state index in [0.717, 1.165) is 29.0 Å². The SMILES string of the molecule is C/C(=N/NC(=O)c1cc2c(s1)CC[C@@H](C)C2)c1ccc(Cl)cc1. The molecule has 23 heavy (non-hydrogen) atoms. The fourth-order valence-corrected chi connectivity index (χ4v) is 3.99. The first-order valence-corrected chi connectivity index (χ1v) is 8.94. The van der Waals surface area contributed by atoms with Crippen LogP contribution in [-0.4, -0.2) is 11.6 Å². The van der Waals surface area contributed by atoms with Gasteiger partial charge in [0.15, 0.2) is 0 Å². The lowest BCUT2D eigenvalue weighted by atomic mass is 9.90. The summed E-state index contributed by atoms with van der Waals surface area (Å²) >= 11 is 7.47. The highest BCUT2D eigenvalue weighted by atomic mass is 35.5. The predicted molar refractivity (Wildman–Crippen MR) is 96.6 cm³/mol. The van der Waals surface area contributed by atoms with E-state index in [1.807, 2.05) is 37.3 Å². The third-order valence-electron chi connectivity index (χ3n) is 4.14. The Kier molecular flexibility index (Phi) is 4.83. The molecule has 0 aliphatic heterocycles. The van der Waals surface area contributed by atoms with E-state index in [1.165, 1.54) is 16.9 Å². The number of carbonyl (C=O) groups is 1. The molecule has 0 unspecified atom stereocenters. The average molecular weight is 347 g/mol. The van der Waals surface area contributed by atoms with Gasteiger partial charge in [0.1, 0.15) is 0 Å². The maximum absolute atomic E-state index is 12.3. The Balaban J connectivity index is 1.69. The number of hydrogen-bond donors (Lipinski definition) is 1. The summed E-state index contributed by atoms with van der Waals surface area (Å²) in [6.07, 6.45) is 3.37. The van der Waals surface area contributed by atoms with E-state index in [-0.39, 0.29) is 5.91 Å². The van der Waals surface area contributed by atoms with Crippen molar-refractivity contribution < 1.29 is 4.79 Å². The first-order valence-electron chi connectivity index (χ1n) is 7.75. The molecular weight excluding hydrogens is 328 g/mol. The van der Waals surface area contributed by atoms with Gasteiger partial charge >= 0.3 is 0 Å². The van der Waals surface area contributed by atoms with Crippen molar-refractivity contribution in [1.82, 2.24) is 5.43 Å². The van der Waals surface area contributed by atoms with Crippen LogP contribution in [0.25, 0.3) is 0 Å². The summed E-state index contributed by atoms with van der Waals surface area (Å²) in [5.74, 6) is 0.573. The highest BCUT2D eigenvalue weighted by Crippen LogP contribution is 2.32.